The first kappa shape index (κ1) is 11.0. The fourth-order valence-corrected chi connectivity index (χ4v) is 1.63. The number of ether oxygens (including phenoxy) is 1. The first-order valence-corrected chi connectivity index (χ1v) is 5.18. The summed E-state index contributed by atoms with van der Waals surface area (Å²) < 4.78 is 5.26. The third kappa shape index (κ3) is 3.01. The first-order chi connectivity index (χ1) is 6.75. The predicted octanol–water partition coefficient (Wildman–Crippen LogP) is 1.60. The molecule has 1 aromatic rings. The number of unbranched alkanes of at least 4 members (excludes halogenated alkanes) is 1. The van der Waals surface area contributed by atoms with E-state index < -0.39 is 5.97 Å². The van der Waals surface area contributed by atoms with E-state index in [2.05, 4.69) is 0 Å². The Morgan fingerprint density at radius 1 is 1.50 bits per heavy atom. The van der Waals surface area contributed by atoms with Gasteiger partial charge in [0.1, 0.15) is 5.75 Å². The number of hydrogen-bond donors (Lipinski definition) is 2. The number of thiophene rings is 1. The molecule has 0 spiro atoms. The van der Waals surface area contributed by atoms with Crippen molar-refractivity contribution in [1.29, 1.82) is 0 Å². The fraction of sp³-hybridized carbons (Fsp3) is 0.444. The topological polar surface area (TPSA) is 66.8 Å². The molecule has 0 bridgehead atoms. The molecule has 14 heavy (non-hydrogen) atoms. The lowest BCUT2D eigenvalue weighted by Gasteiger charge is -2.03. The second-order valence-electron chi connectivity index (χ2n) is 2.70. The van der Waals surface area contributed by atoms with E-state index in [9.17, 15) is 4.79 Å². The molecule has 4 nitrogen and oxygen atoms in total. The lowest BCUT2D eigenvalue weighted by atomic mass is 10.3. The van der Waals surface area contributed by atoms with Crippen LogP contribution in [0.25, 0.3) is 0 Å². The van der Waals surface area contributed by atoms with Crippen LogP contribution in [0, 0.1) is 0 Å². The van der Waals surface area contributed by atoms with Crippen LogP contribution in [-0.4, -0.2) is 29.4 Å². The van der Waals surface area contributed by atoms with Crippen LogP contribution in [0.4, 0.5) is 0 Å². The molecule has 78 valence electrons. The predicted molar refractivity (Wildman–Crippen MR) is 53.1 cm³/mol. The summed E-state index contributed by atoms with van der Waals surface area (Å²) >= 11 is 1.15. The van der Waals surface area contributed by atoms with Crippen molar-refractivity contribution in [2.45, 2.75) is 12.8 Å². The maximum atomic E-state index is 10.7. The first-order valence-electron chi connectivity index (χ1n) is 4.30. The van der Waals surface area contributed by atoms with E-state index in [-0.39, 0.29) is 11.5 Å². The summed E-state index contributed by atoms with van der Waals surface area (Å²) in [6, 6.07) is 1.65. The van der Waals surface area contributed by atoms with E-state index in [1.807, 2.05) is 0 Å². The van der Waals surface area contributed by atoms with Gasteiger partial charge in [-0.25, -0.2) is 4.79 Å². The summed E-state index contributed by atoms with van der Waals surface area (Å²) in [6.07, 6.45) is 1.40. The summed E-state index contributed by atoms with van der Waals surface area (Å²) in [4.78, 5) is 10.9. The van der Waals surface area contributed by atoms with Gasteiger partial charge in [0.25, 0.3) is 0 Å². The van der Waals surface area contributed by atoms with Crippen LogP contribution in [0.1, 0.15) is 22.5 Å². The van der Waals surface area contributed by atoms with Crippen LogP contribution in [0.3, 0.4) is 0 Å². The van der Waals surface area contributed by atoms with Gasteiger partial charge in [-0.2, -0.15) is 0 Å². The molecule has 0 saturated heterocycles. The highest BCUT2D eigenvalue weighted by Crippen LogP contribution is 2.24. The highest BCUT2D eigenvalue weighted by atomic mass is 32.1. The molecule has 1 aromatic heterocycles. The smallest absolute Gasteiger partial charge is 0.349 e. The summed E-state index contributed by atoms with van der Waals surface area (Å²) in [5, 5.41) is 19.0. The third-order valence-corrected chi connectivity index (χ3v) is 2.52. The molecular weight excluding hydrogens is 204 g/mol. The number of aromatic carboxylic acids is 1. The van der Waals surface area contributed by atoms with E-state index in [1.54, 1.807) is 11.4 Å². The van der Waals surface area contributed by atoms with Gasteiger partial charge >= 0.3 is 5.97 Å². The van der Waals surface area contributed by atoms with Crippen LogP contribution in [0.2, 0.25) is 0 Å². The number of carboxylic acids is 1. The highest BCUT2D eigenvalue weighted by molar-refractivity contribution is 7.12. The highest BCUT2D eigenvalue weighted by Gasteiger charge is 2.12. The molecule has 0 saturated carbocycles. The van der Waals surface area contributed by atoms with E-state index >= 15 is 0 Å². The Labute approximate surface area is 85.8 Å². The monoisotopic (exact) mass is 216 g/mol. The Morgan fingerprint density at radius 3 is 2.93 bits per heavy atom. The van der Waals surface area contributed by atoms with Crippen molar-refractivity contribution < 1.29 is 19.7 Å². The molecule has 0 aromatic carbocycles. The molecular formula is C9H12O4S. The van der Waals surface area contributed by atoms with Crippen molar-refractivity contribution in [3.63, 3.8) is 0 Å². The largest absolute Gasteiger partial charge is 0.492 e. The third-order valence-electron chi connectivity index (χ3n) is 1.63. The Morgan fingerprint density at radius 2 is 2.29 bits per heavy atom. The molecule has 0 radical (unpaired) electrons. The maximum absolute atomic E-state index is 10.7. The second-order valence-corrected chi connectivity index (χ2v) is 3.61. The number of hydrogen-bond acceptors (Lipinski definition) is 4. The summed E-state index contributed by atoms with van der Waals surface area (Å²) in [5.74, 6) is -0.544. The van der Waals surface area contributed by atoms with Gasteiger partial charge in [-0.3, -0.25) is 0 Å². The molecule has 0 fully saturated rings. The van der Waals surface area contributed by atoms with E-state index in [1.165, 1.54) is 0 Å². The number of aliphatic hydroxyl groups is 1. The summed E-state index contributed by atoms with van der Waals surface area (Å²) in [7, 11) is 0. The molecule has 0 unspecified atom stereocenters. The number of carboxylic acid groups (broad SMARTS) is 1. The molecule has 0 amide bonds. The van der Waals surface area contributed by atoms with Gasteiger partial charge in [-0.15, -0.1) is 11.3 Å². The van der Waals surface area contributed by atoms with Gasteiger partial charge in [-0.1, -0.05) is 0 Å². The maximum Gasteiger partial charge on any atom is 0.349 e. The van der Waals surface area contributed by atoms with Gasteiger partial charge in [0, 0.05) is 6.61 Å². The average Bonchev–Trinajstić information content (AvgIpc) is 2.60. The average molecular weight is 216 g/mol. The standard InChI is InChI=1S/C9H12O4S/c10-4-1-2-5-13-7-3-6-14-8(7)9(11)12/h3,6,10H,1-2,4-5H2,(H,11,12). The molecule has 0 aliphatic heterocycles. The van der Waals surface area contributed by atoms with Crippen molar-refractivity contribution in [2.75, 3.05) is 13.2 Å². The Hall–Kier alpha value is -1.07. The number of carbonyl (C=O) groups is 1. The molecule has 0 aliphatic rings. The van der Waals surface area contributed by atoms with Gasteiger partial charge in [-0.05, 0) is 24.3 Å². The molecule has 1 rings (SSSR count). The van der Waals surface area contributed by atoms with E-state index in [0.717, 1.165) is 17.8 Å². The van der Waals surface area contributed by atoms with Gasteiger partial charge in [0.05, 0.1) is 6.61 Å². The van der Waals surface area contributed by atoms with Crippen LogP contribution in [0.15, 0.2) is 11.4 Å². The Balaban J connectivity index is 2.42. The van der Waals surface area contributed by atoms with E-state index in [4.69, 9.17) is 14.9 Å². The number of rotatable bonds is 6. The molecule has 2 N–H and O–H groups in total. The Kier molecular flexibility index (Phi) is 4.42. The quantitative estimate of drug-likeness (QED) is 0.709. The van der Waals surface area contributed by atoms with Crippen molar-refractivity contribution in [3.8, 4) is 5.75 Å². The minimum absolute atomic E-state index is 0.138. The van der Waals surface area contributed by atoms with Crippen LogP contribution < -0.4 is 4.74 Å². The molecule has 0 aliphatic carbocycles. The lowest BCUT2D eigenvalue weighted by Crippen LogP contribution is -2.02. The van der Waals surface area contributed by atoms with Gasteiger partial charge in [0.2, 0.25) is 0 Å². The Bertz CT molecular complexity index is 295. The zero-order valence-corrected chi connectivity index (χ0v) is 8.42. The summed E-state index contributed by atoms with van der Waals surface area (Å²) in [5.41, 5.74) is 0. The second kappa shape index (κ2) is 5.62. The van der Waals surface area contributed by atoms with Crippen molar-refractivity contribution >= 4 is 17.3 Å². The minimum atomic E-state index is -0.961. The SMILES string of the molecule is O=C(O)c1sccc1OCCCCO. The van der Waals surface area contributed by atoms with Crippen LogP contribution in [-0.2, 0) is 0 Å². The van der Waals surface area contributed by atoms with E-state index in [0.29, 0.717) is 18.8 Å². The molecule has 1 heterocycles. The summed E-state index contributed by atoms with van der Waals surface area (Å²) in [6.45, 7) is 0.580. The lowest BCUT2D eigenvalue weighted by molar-refractivity contribution is 0.0698. The van der Waals surface area contributed by atoms with Crippen molar-refractivity contribution in [1.82, 2.24) is 0 Å². The van der Waals surface area contributed by atoms with Gasteiger partial charge < -0.3 is 14.9 Å². The normalized spacial score (nSPS) is 10.1. The van der Waals surface area contributed by atoms with Crippen molar-refractivity contribution in [3.05, 3.63) is 16.3 Å². The van der Waals surface area contributed by atoms with Crippen molar-refractivity contribution in [2.24, 2.45) is 0 Å². The zero-order chi connectivity index (χ0) is 10.4. The molecule has 0 atom stereocenters. The minimum Gasteiger partial charge on any atom is -0.492 e. The van der Waals surface area contributed by atoms with Crippen LogP contribution >= 0.6 is 11.3 Å². The van der Waals surface area contributed by atoms with Gasteiger partial charge in [0.15, 0.2) is 4.88 Å². The fourth-order valence-electron chi connectivity index (χ4n) is 0.963. The molecule has 5 heteroatoms. The number of aliphatic hydroxyl groups excluding tert-OH is 1. The zero-order valence-electron chi connectivity index (χ0n) is 7.60. The van der Waals surface area contributed by atoms with Crippen LogP contribution in [0.5, 0.6) is 5.75 Å².